The molecule has 0 N–H and O–H groups in total. The lowest BCUT2D eigenvalue weighted by molar-refractivity contribution is 0.711. The van der Waals surface area contributed by atoms with Crippen molar-refractivity contribution in [2.75, 3.05) is 0 Å². The van der Waals surface area contributed by atoms with E-state index in [4.69, 9.17) is 16.6 Å². The van der Waals surface area contributed by atoms with Crippen LogP contribution in [0.1, 0.15) is 5.82 Å². The molecule has 0 fully saturated rings. The lowest BCUT2D eigenvalue weighted by Crippen LogP contribution is -2.22. The number of fused-ring (bicyclic) bond motifs is 2. The van der Waals surface area contributed by atoms with Crippen LogP contribution >= 0.6 is 11.6 Å². The maximum Gasteiger partial charge on any atom is 0.261 e. The van der Waals surface area contributed by atoms with E-state index < -0.39 is 0 Å². The molecule has 0 aliphatic heterocycles. The number of rotatable bonds is 3. The number of benzene rings is 3. The fourth-order valence-corrected chi connectivity index (χ4v) is 3.58. The van der Waals surface area contributed by atoms with Crippen molar-refractivity contribution in [1.29, 1.82) is 0 Å². The van der Waals surface area contributed by atoms with Crippen LogP contribution in [0.5, 0.6) is 0 Å². The Kier molecular flexibility index (Phi) is 4.30. The van der Waals surface area contributed by atoms with E-state index in [0.29, 0.717) is 21.7 Å². The highest BCUT2D eigenvalue weighted by Gasteiger charge is 2.12. The molecule has 0 saturated carbocycles. The van der Waals surface area contributed by atoms with Gasteiger partial charge in [-0.25, -0.2) is 15.0 Å². The van der Waals surface area contributed by atoms with E-state index in [1.165, 1.54) is 10.9 Å². The van der Waals surface area contributed by atoms with Crippen molar-refractivity contribution in [2.24, 2.45) is 0 Å². The monoisotopic (exact) mass is 398 g/mol. The SMILES string of the molecule is O=c1c2cc(Cl)ccc2ncn1Cc1nc(-c2ccccc2)c2ccccc2n1. The normalized spacial score (nSPS) is 11.2. The molecule has 0 radical (unpaired) electrons. The maximum atomic E-state index is 12.9. The highest BCUT2D eigenvalue weighted by atomic mass is 35.5. The Hall–Kier alpha value is -3.57. The molecular weight excluding hydrogens is 384 g/mol. The molecule has 0 saturated heterocycles. The van der Waals surface area contributed by atoms with E-state index in [-0.39, 0.29) is 12.1 Å². The molecule has 29 heavy (non-hydrogen) atoms. The predicted octanol–water partition coefficient (Wildman–Crippen LogP) is 4.71. The summed E-state index contributed by atoms with van der Waals surface area (Å²) in [4.78, 5) is 26.7. The quantitative estimate of drug-likeness (QED) is 0.441. The van der Waals surface area contributed by atoms with Gasteiger partial charge in [0, 0.05) is 16.0 Å². The van der Waals surface area contributed by atoms with E-state index in [9.17, 15) is 4.79 Å². The van der Waals surface area contributed by atoms with Gasteiger partial charge in [-0.15, -0.1) is 0 Å². The molecule has 0 bridgehead atoms. The number of hydrogen-bond acceptors (Lipinski definition) is 4. The molecular formula is C23H15ClN4O. The lowest BCUT2D eigenvalue weighted by Gasteiger charge is -2.10. The molecule has 3 aromatic carbocycles. The van der Waals surface area contributed by atoms with Crippen LogP contribution in [0, 0.1) is 0 Å². The van der Waals surface area contributed by atoms with E-state index in [1.54, 1.807) is 18.2 Å². The molecule has 5 nitrogen and oxygen atoms in total. The van der Waals surface area contributed by atoms with Gasteiger partial charge in [-0.2, -0.15) is 0 Å². The minimum absolute atomic E-state index is 0.171. The third kappa shape index (κ3) is 3.26. The van der Waals surface area contributed by atoms with Gasteiger partial charge in [0.05, 0.1) is 35.0 Å². The zero-order valence-corrected chi connectivity index (χ0v) is 16.0. The smallest absolute Gasteiger partial charge is 0.261 e. The van der Waals surface area contributed by atoms with Gasteiger partial charge in [0.1, 0.15) is 5.82 Å². The highest BCUT2D eigenvalue weighted by molar-refractivity contribution is 6.31. The van der Waals surface area contributed by atoms with E-state index >= 15 is 0 Å². The minimum atomic E-state index is -0.171. The molecule has 6 heteroatoms. The first-order valence-corrected chi connectivity index (χ1v) is 9.52. The van der Waals surface area contributed by atoms with Gasteiger partial charge in [-0.05, 0) is 24.3 Å². The van der Waals surface area contributed by atoms with Crippen molar-refractivity contribution in [2.45, 2.75) is 6.54 Å². The number of aromatic nitrogens is 4. The van der Waals surface area contributed by atoms with Crippen molar-refractivity contribution in [3.05, 3.63) is 100 Å². The van der Waals surface area contributed by atoms with Gasteiger partial charge >= 0.3 is 0 Å². The Labute approximate surface area is 171 Å². The van der Waals surface area contributed by atoms with Crippen molar-refractivity contribution >= 4 is 33.4 Å². The van der Waals surface area contributed by atoms with E-state index in [1.807, 2.05) is 54.6 Å². The van der Waals surface area contributed by atoms with Gasteiger partial charge in [0.25, 0.3) is 5.56 Å². The third-order valence-corrected chi connectivity index (χ3v) is 5.03. The molecule has 0 aliphatic carbocycles. The molecule has 0 atom stereocenters. The standard InChI is InChI=1S/C23H15ClN4O/c24-16-10-11-19-18(12-16)23(29)28(14-25-19)13-21-26-20-9-5-4-8-17(20)22(27-21)15-6-2-1-3-7-15/h1-12,14H,13H2. The first-order chi connectivity index (χ1) is 14.2. The van der Waals surface area contributed by atoms with Crippen molar-refractivity contribution in [1.82, 2.24) is 19.5 Å². The second kappa shape index (κ2) is 7.11. The summed E-state index contributed by atoms with van der Waals surface area (Å²) in [6.45, 7) is 0.221. The summed E-state index contributed by atoms with van der Waals surface area (Å²) in [6, 6.07) is 22.9. The average Bonchev–Trinajstić information content (AvgIpc) is 2.76. The van der Waals surface area contributed by atoms with Crippen LogP contribution < -0.4 is 5.56 Å². The van der Waals surface area contributed by atoms with Crippen LogP contribution in [0.3, 0.4) is 0 Å². The summed E-state index contributed by atoms with van der Waals surface area (Å²) in [5.74, 6) is 0.549. The fraction of sp³-hybridized carbons (Fsp3) is 0.0435. The predicted molar refractivity (Wildman–Crippen MR) is 115 cm³/mol. The number of hydrogen-bond donors (Lipinski definition) is 0. The summed E-state index contributed by atoms with van der Waals surface area (Å²) >= 11 is 6.06. The molecule has 0 amide bonds. The van der Waals surface area contributed by atoms with Gasteiger partial charge in [-0.3, -0.25) is 9.36 Å². The summed E-state index contributed by atoms with van der Waals surface area (Å²) in [5.41, 5.74) is 3.12. The van der Waals surface area contributed by atoms with Crippen LogP contribution in [-0.2, 0) is 6.54 Å². The van der Waals surface area contributed by atoms with Gasteiger partial charge in [0.15, 0.2) is 0 Å². The molecule has 0 aliphatic rings. The molecule has 140 valence electrons. The summed E-state index contributed by atoms with van der Waals surface area (Å²) in [6.07, 6.45) is 1.53. The molecule has 0 spiro atoms. The average molecular weight is 399 g/mol. The summed E-state index contributed by atoms with van der Waals surface area (Å²) in [5, 5.41) is 1.95. The topological polar surface area (TPSA) is 60.7 Å². The summed E-state index contributed by atoms with van der Waals surface area (Å²) < 4.78 is 1.51. The Morgan fingerprint density at radius 3 is 2.48 bits per heavy atom. The van der Waals surface area contributed by atoms with Crippen LogP contribution in [0.15, 0.2) is 83.9 Å². The van der Waals surface area contributed by atoms with Gasteiger partial charge in [-0.1, -0.05) is 60.1 Å². The highest BCUT2D eigenvalue weighted by Crippen LogP contribution is 2.26. The van der Waals surface area contributed by atoms with Crippen LogP contribution in [-0.4, -0.2) is 19.5 Å². The first kappa shape index (κ1) is 17.5. The van der Waals surface area contributed by atoms with Crippen LogP contribution in [0.2, 0.25) is 5.02 Å². The molecule has 2 aromatic heterocycles. The van der Waals surface area contributed by atoms with Gasteiger partial charge in [0.2, 0.25) is 0 Å². The number of halogens is 1. The van der Waals surface area contributed by atoms with E-state index in [2.05, 4.69) is 9.97 Å². The Bertz CT molecular complexity index is 1410. The number of nitrogens with zero attached hydrogens (tertiary/aromatic N) is 4. The zero-order valence-electron chi connectivity index (χ0n) is 15.3. The lowest BCUT2D eigenvalue weighted by atomic mass is 10.1. The Morgan fingerprint density at radius 1 is 0.828 bits per heavy atom. The Balaban J connectivity index is 1.66. The van der Waals surface area contributed by atoms with E-state index in [0.717, 1.165) is 22.2 Å². The molecule has 5 aromatic rings. The van der Waals surface area contributed by atoms with Crippen LogP contribution in [0.25, 0.3) is 33.1 Å². The summed E-state index contributed by atoms with van der Waals surface area (Å²) in [7, 11) is 0. The largest absolute Gasteiger partial charge is 0.291 e. The molecule has 2 heterocycles. The minimum Gasteiger partial charge on any atom is -0.291 e. The van der Waals surface area contributed by atoms with Gasteiger partial charge < -0.3 is 0 Å². The van der Waals surface area contributed by atoms with Crippen molar-refractivity contribution in [3.63, 3.8) is 0 Å². The first-order valence-electron chi connectivity index (χ1n) is 9.15. The maximum absolute atomic E-state index is 12.9. The van der Waals surface area contributed by atoms with Crippen LogP contribution in [0.4, 0.5) is 0 Å². The second-order valence-corrected chi connectivity index (χ2v) is 7.15. The fourth-order valence-electron chi connectivity index (χ4n) is 3.41. The molecule has 0 unspecified atom stereocenters. The number of para-hydroxylation sites is 1. The molecule has 5 rings (SSSR count). The van der Waals surface area contributed by atoms with Crippen molar-refractivity contribution < 1.29 is 0 Å². The zero-order chi connectivity index (χ0) is 19.8. The second-order valence-electron chi connectivity index (χ2n) is 6.71. The Morgan fingerprint density at radius 2 is 1.62 bits per heavy atom. The van der Waals surface area contributed by atoms with Crippen molar-refractivity contribution in [3.8, 4) is 11.3 Å². The third-order valence-electron chi connectivity index (χ3n) is 4.79.